The summed E-state index contributed by atoms with van der Waals surface area (Å²) in [6, 6.07) is 7.33. The molecule has 0 unspecified atom stereocenters. The van der Waals surface area contributed by atoms with Gasteiger partial charge in [-0.1, -0.05) is 18.2 Å². The molecule has 2 aromatic rings. The first kappa shape index (κ1) is 12.1. The Hall–Kier alpha value is -1.98. The average Bonchev–Trinajstić information content (AvgIpc) is 2.84. The lowest BCUT2D eigenvalue weighted by atomic mass is 10.1. The third-order valence-corrected chi connectivity index (χ3v) is 3.00. The first-order chi connectivity index (χ1) is 9.04. The molecule has 6 heteroatoms. The predicted molar refractivity (Wildman–Crippen MR) is 65.5 cm³/mol. The van der Waals surface area contributed by atoms with Crippen molar-refractivity contribution in [3.05, 3.63) is 29.8 Å². The van der Waals surface area contributed by atoms with Crippen LogP contribution in [0.3, 0.4) is 0 Å². The number of rotatable bonds is 2. The first-order valence-electron chi connectivity index (χ1n) is 5.89. The molecule has 0 amide bonds. The number of aromatic nitrogens is 1. The van der Waals surface area contributed by atoms with E-state index < -0.39 is 12.8 Å². The molecule has 1 N–H and O–H groups in total. The molecule has 2 heterocycles. The summed E-state index contributed by atoms with van der Waals surface area (Å²) in [7, 11) is 0. The molecule has 0 saturated carbocycles. The molecule has 0 radical (unpaired) electrons. The Balaban J connectivity index is 2.05. The lowest BCUT2D eigenvalue weighted by Gasteiger charge is -2.13. The molecule has 1 aromatic carbocycles. The van der Waals surface area contributed by atoms with Gasteiger partial charge in [0.2, 0.25) is 5.88 Å². The van der Waals surface area contributed by atoms with E-state index in [2.05, 4.69) is 10.3 Å². The van der Waals surface area contributed by atoms with Crippen LogP contribution < -0.4 is 10.1 Å². The molecule has 0 fully saturated rings. The van der Waals surface area contributed by atoms with Crippen LogP contribution in [-0.2, 0) is 6.42 Å². The second kappa shape index (κ2) is 4.29. The molecule has 3 rings (SSSR count). The Morgan fingerprint density at radius 2 is 2.05 bits per heavy atom. The third-order valence-electron chi connectivity index (χ3n) is 3.00. The largest absolute Gasteiger partial charge is 0.468 e. The number of nitrogens with zero attached hydrogens (tertiary/aromatic N) is 1. The molecule has 0 bridgehead atoms. The molecule has 1 aliphatic rings. The maximum absolute atomic E-state index is 12.2. The topological polar surface area (TPSA) is 34.1 Å². The zero-order valence-electron chi connectivity index (χ0n) is 9.92. The maximum atomic E-state index is 12.2. The summed E-state index contributed by atoms with van der Waals surface area (Å²) < 4.78 is 41.6. The first-order valence-corrected chi connectivity index (χ1v) is 5.89. The van der Waals surface area contributed by atoms with E-state index >= 15 is 0 Å². The quantitative estimate of drug-likeness (QED) is 0.908. The lowest BCUT2D eigenvalue weighted by Crippen LogP contribution is -2.20. The number of anilines is 1. The number of hydrogen-bond acceptors (Lipinski definition) is 3. The Kier molecular flexibility index (Phi) is 2.73. The van der Waals surface area contributed by atoms with Crippen LogP contribution in [-0.4, -0.2) is 24.3 Å². The van der Waals surface area contributed by atoms with Crippen LogP contribution in [0.15, 0.2) is 24.3 Å². The summed E-state index contributed by atoms with van der Waals surface area (Å²) >= 11 is 0. The minimum atomic E-state index is -4.35. The highest BCUT2D eigenvalue weighted by Gasteiger charge is 2.30. The second-order valence-corrected chi connectivity index (χ2v) is 4.37. The number of alkyl halides is 3. The van der Waals surface area contributed by atoms with Gasteiger partial charge in [0, 0.05) is 17.5 Å². The van der Waals surface area contributed by atoms with Crippen LogP contribution in [0.4, 0.5) is 18.9 Å². The van der Waals surface area contributed by atoms with Crippen molar-refractivity contribution in [2.45, 2.75) is 12.6 Å². The Bertz CT molecular complexity index is 625. The van der Waals surface area contributed by atoms with Gasteiger partial charge in [-0.05, 0) is 12.5 Å². The Morgan fingerprint density at radius 3 is 2.84 bits per heavy atom. The van der Waals surface area contributed by atoms with Crippen molar-refractivity contribution < 1.29 is 17.9 Å². The van der Waals surface area contributed by atoms with Gasteiger partial charge in [0.15, 0.2) is 6.61 Å². The Morgan fingerprint density at radius 1 is 1.26 bits per heavy atom. The summed E-state index contributed by atoms with van der Waals surface area (Å²) in [6.45, 7) is -0.627. The van der Waals surface area contributed by atoms with Gasteiger partial charge < -0.3 is 10.1 Å². The minimum Gasteiger partial charge on any atom is -0.468 e. The zero-order valence-corrected chi connectivity index (χ0v) is 9.92. The third kappa shape index (κ3) is 2.30. The van der Waals surface area contributed by atoms with E-state index in [0.717, 1.165) is 16.6 Å². The number of fused-ring (bicyclic) bond motifs is 3. The van der Waals surface area contributed by atoms with Crippen molar-refractivity contribution in [2.75, 3.05) is 18.5 Å². The van der Waals surface area contributed by atoms with E-state index in [9.17, 15) is 13.2 Å². The number of hydrogen-bond donors (Lipinski definition) is 1. The van der Waals surface area contributed by atoms with Crippen molar-refractivity contribution >= 4 is 16.6 Å². The van der Waals surface area contributed by atoms with Gasteiger partial charge in [-0.3, -0.25) is 0 Å². The summed E-state index contributed by atoms with van der Waals surface area (Å²) in [6.07, 6.45) is -3.73. The van der Waals surface area contributed by atoms with Crippen LogP contribution in [0.1, 0.15) is 5.56 Å². The van der Waals surface area contributed by atoms with Crippen LogP contribution in [0.5, 0.6) is 5.88 Å². The van der Waals surface area contributed by atoms with E-state index in [0.29, 0.717) is 18.5 Å². The smallest absolute Gasteiger partial charge is 0.422 e. The molecule has 3 nitrogen and oxygen atoms in total. The van der Waals surface area contributed by atoms with E-state index in [1.54, 1.807) is 12.1 Å². The van der Waals surface area contributed by atoms with Gasteiger partial charge in [-0.15, -0.1) is 0 Å². The standard InChI is InChI=1S/C13H11F3N2O/c14-13(15,16)7-19-12-9-5-6-17-11(9)8-3-1-2-4-10(8)18-12/h1-4,17H,5-7H2. The molecule has 0 aliphatic carbocycles. The molecule has 19 heavy (non-hydrogen) atoms. The van der Waals surface area contributed by atoms with Gasteiger partial charge in [0.05, 0.1) is 11.2 Å². The van der Waals surface area contributed by atoms with Crippen LogP contribution in [0.2, 0.25) is 0 Å². The number of nitrogens with one attached hydrogen (secondary N) is 1. The molecule has 100 valence electrons. The number of ether oxygens (including phenoxy) is 1. The second-order valence-electron chi connectivity index (χ2n) is 4.37. The van der Waals surface area contributed by atoms with Gasteiger partial charge in [0.25, 0.3) is 0 Å². The number of benzene rings is 1. The molecule has 0 atom stereocenters. The molecule has 0 spiro atoms. The number of para-hydroxylation sites is 1. The van der Waals surface area contributed by atoms with Gasteiger partial charge in [0.1, 0.15) is 0 Å². The summed E-state index contributed by atoms with van der Waals surface area (Å²) in [5, 5.41) is 4.09. The van der Waals surface area contributed by atoms with E-state index in [4.69, 9.17) is 4.74 Å². The van der Waals surface area contributed by atoms with Crippen molar-refractivity contribution in [2.24, 2.45) is 0 Å². The zero-order chi connectivity index (χ0) is 13.5. The van der Waals surface area contributed by atoms with E-state index in [-0.39, 0.29) is 5.88 Å². The van der Waals surface area contributed by atoms with E-state index in [1.165, 1.54) is 0 Å². The van der Waals surface area contributed by atoms with E-state index in [1.807, 2.05) is 12.1 Å². The average molecular weight is 268 g/mol. The molecule has 1 aliphatic heterocycles. The molecular weight excluding hydrogens is 257 g/mol. The molecular formula is C13H11F3N2O. The maximum Gasteiger partial charge on any atom is 0.422 e. The summed E-state index contributed by atoms with van der Waals surface area (Å²) in [5.41, 5.74) is 2.19. The fourth-order valence-corrected chi connectivity index (χ4v) is 2.24. The van der Waals surface area contributed by atoms with Crippen LogP contribution in [0.25, 0.3) is 10.9 Å². The highest BCUT2D eigenvalue weighted by Crippen LogP contribution is 2.36. The molecule has 0 saturated heterocycles. The fourth-order valence-electron chi connectivity index (χ4n) is 2.24. The molecule has 1 aromatic heterocycles. The van der Waals surface area contributed by atoms with Crippen molar-refractivity contribution in [3.63, 3.8) is 0 Å². The number of pyridine rings is 1. The van der Waals surface area contributed by atoms with Crippen molar-refractivity contribution in [3.8, 4) is 5.88 Å². The van der Waals surface area contributed by atoms with Crippen molar-refractivity contribution in [1.82, 2.24) is 4.98 Å². The van der Waals surface area contributed by atoms with Crippen LogP contribution >= 0.6 is 0 Å². The summed E-state index contributed by atoms with van der Waals surface area (Å²) in [4.78, 5) is 4.19. The fraction of sp³-hybridized carbons (Fsp3) is 0.308. The lowest BCUT2D eigenvalue weighted by molar-refractivity contribution is -0.154. The van der Waals surface area contributed by atoms with Gasteiger partial charge >= 0.3 is 6.18 Å². The van der Waals surface area contributed by atoms with Crippen molar-refractivity contribution in [1.29, 1.82) is 0 Å². The summed E-state index contributed by atoms with van der Waals surface area (Å²) in [5.74, 6) is 0.0797. The van der Waals surface area contributed by atoms with Gasteiger partial charge in [-0.25, -0.2) is 4.98 Å². The predicted octanol–water partition coefficient (Wildman–Crippen LogP) is 3.14. The normalized spacial score (nSPS) is 14.3. The Labute approximate surface area is 107 Å². The van der Waals surface area contributed by atoms with Crippen LogP contribution in [0, 0.1) is 0 Å². The SMILES string of the molecule is FC(F)(F)COc1nc2ccccc2c2c1CCN2. The number of halogens is 3. The van der Waals surface area contributed by atoms with Gasteiger partial charge in [-0.2, -0.15) is 13.2 Å². The highest BCUT2D eigenvalue weighted by atomic mass is 19.4. The highest BCUT2D eigenvalue weighted by molar-refractivity contribution is 5.95. The monoisotopic (exact) mass is 268 g/mol. The minimum absolute atomic E-state index is 0.0797.